The minimum absolute atomic E-state index is 0.259. The number of aryl methyl sites for hydroxylation is 1. The van der Waals surface area contributed by atoms with Crippen LogP contribution in [0.1, 0.15) is 50.8 Å². The number of piperidine rings is 1. The first kappa shape index (κ1) is 15.5. The van der Waals surface area contributed by atoms with E-state index in [-0.39, 0.29) is 5.54 Å². The molecule has 0 aliphatic carbocycles. The van der Waals surface area contributed by atoms with Gasteiger partial charge in [-0.3, -0.25) is 14.7 Å². The molecular weight excluding hydrogens is 274 g/mol. The molecule has 1 unspecified atom stereocenters. The molecule has 0 radical (unpaired) electrons. The van der Waals surface area contributed by atoms with Crippen molar-refractivity contribution in [2.75, 3.05) is 13.1 Å². The number of hydrogen-bond acceptors (Lipinski definition) is 3. The first-order valence-electron chi connectivity index (χ1n) is 8.51. The Hall–Kier alpha value is -1.42. The summed E-state index contributed by atoms with van der Waals surface area (Å²) >= 11 is 0. The third kappa shape index (κ3) is 2.54. The molecule has 3 heterocycles. The van der Waals surface area contributed by atoms with Crippen LogP contribution in [0.5, 0.6) is 0 Å². The Bertz CT molecular complexity index is 557. The van der Waals surface area contributed by atoms with Crippen LogP contribution < -0.4 is 0 Å². The molecular formula is C18H27N3O. The average molecular weight is 301 g/mol. The fourth-order valence-electron chi connectivity index (χ4n) is 4.09. The second-order valence-electron chi connectivity index (χ2n) is 7.00. The highest BCUT2D eigenvalue weighted by molar-refractivity contribution is 5.87. The van der Waals surface area contributed by atoms with E-state index in [0.717, 1.165) is 51.0 Å². The highest BCUT2D eigenvalue weighted by Gasteiger charge is 2.51. The highest BCUT2D eigenvalue weighted by Crippen LogP contribution is 2.39. The Labute approximate surface area is 133 Å². The van der Waals surface area contributed by atoms with Crippen LogP contribution in [0.25, 0.3) is 0 Å². The molecule has 1 amide bonds. The van der Waals surface area contributed by atoms with E-state index in [2.05, 4.69) is 41.6 Å². The number of nitrogens with zero attached hydrogens (tertiary/aromatic N) is 3. The summed E-state index contributed by atoms with van der Waals surface area (Å²) in [6.07, 6.45) is 6.09. The molecule has 0 bridgehead atoms. The Morgan fingerprint density at radius 2 is 2.00 bits per heavy atom. The molecule has 0 saturated carbocycles. The zero-order valence-electron chi connectivity index (χ0n) is 14.0. The van der Waals surface area contributed by atoms with Gasteiger partial charge in [-0.15, -0.1) is 0 Å². The van der Waals surface area contributed by atoms with Crippen molar-refractivity contribution in [1.82, 2.24) is 14.8 Å². The van der Waals surface area contributed by atoms with Gasteiger partial charge in [0.25, 0.3) is 0 Å². The molecule has 0 aromatic carbocycles. The van der Waals surface area contributed by atoms with Crippen LogP contribution in [0, 0.1) is 6.92 Å². The van der Waals surface area contributed by atoms with Crippen LogP contribution in [-0.4, -0.2) is 45.4 Å². The van der Waals surface area contributed by atoms with E-state index in [9.17, 15) is 4.79 Å². The van der Waals surface area contributed by atoms with Crippen molar-refractivity contribution in [3.05, 3.63) is 29.6 Å². The summed E-state index contributed by atoms with van der Waals surface area (Å²) in [6, 6.07) is 4.43. The van der Waals surface area contributed by atoms with Gasteiger partial charge in [0, 0.05) is 31.0 Å². The number of hydrogen-bond donors (Lipinski definition) is 0. The number of amides is 1. The first-order chi connectivity index (χ1) is 10.5. The van der Waals surface area contributed by atoms with E-state index in [1.165, 1.54) is 5.56 Å². The number of carbonyl (C=O) groups is 1. The van der Waals surface area contributed by atoms with E-state index in [1.54, 1.807) is 0 Å². The van der Waals surface area contributed by atoms with E-state index < -0.39 is 0 Å². The molecule has 2 fully saturated rings. The summed E-state index contributed by atoms with van der Waals surface area (Å²) in [5, 5.41) is 0. The van der Waals surface area contributed by atoms with Crippen LogP contribution in [0.2, 0.25) is 0 Å². The molecule has 2 aliphatic heterocycles. The molecule has 120 valence electrons. The van der Waals surface area contributed by atoms with E-state index in [0.29, 0.717) is 11.9 Å². The number of pyridine rings is 1. The Kier molecular flexibility index (Phi) is 4.22. The van der Waals surface area contributed by atoms with Crippen LogP contribution in [0.4, 0.5) is 0 Å². The Balaban J connectivity index is 1.86. The molecule has 2 saturated heterocycles. The maximum atomic E-state index is 13.1. The molecule has 1 spiro atoms. The van der Waals surface area contributed by atoms with E-state index in [1.807, 2.05) is 12.3 Å². The summed E-state index contributed by atoms with van der Waals surface area (Å²) < 4.78 is 0. The predicted molar refractivity (Wildman–Crippen MR) is 87.4 cm³/mol. The topological polar surface area (TPSA) is 36.4 Å². The van der Waals surface area contributed by atoms with E-state index >= 15 is 0 Å². The van der Waals surface area contributed by atoms with Crippen molar-refractivity contribution >= 4 is 5.91 Å². The van der Waals surface area contributed by atoms with Crippen molar-refractivity contribution in [3.8, 4) is 0 Å². The molecule has 3 rings (SSSR count). The number of aromatic nitrogens is 1. The maximum Gasteiger partial charge on any atom is 0.243 e. The van der Waals surface area contributed by atoms with Crippen LogP contribution in [-0.2, 0) is 11.3 Å². The lowest BCUT2D eigenvalue weighted by atomic mass is 9.84. The van der Waals surface area contributed by atoms with Gasteiger partial charge in [0.1, 0.15) is 5.54 Å². The maximum absolute atomic E-state index is 13.1. The molecule has 1 aromatic heterocycles. The smallest absolute Gasteiger partial charge is 0.243 e. The Morgan fingerprint density at radius 3 is 2.68 bits per heavy atom. The van der Waals surface area contributed by atoms with Gasteiger partial charge in [-0.25, -0.2) is 0 Å². The minimum atomic E-state index is -0.259. The van der Waals surface area contributed by atoms with Gasteiger partial charge in [-0.2, -0.15) is 0 Å². The second-order valence-corrected chi connectivity index (χ2v) is 7.00. The Morgan fingerprint density at radius 1 is 1.27 bits per heavy atom. The van der Waals surface area contributed by atoms with Gasteiger partial charge in [0.05, 0.1) is 0 Å². The predicted octanol–water partition coefficient (Wildman–Crippen LogP) is 2.76. The molecule has 2 aliphatic rings. The van der Waals surface area contributed by atoms with Crippen molar-refractivity contribution in [1.29, 1.82) is 0 Å². The zero-order valence-corrected chi connectivity index (χ0v) is 14.0. The fraction of sp³-hybridized carbons (Fsp3) is 0.667. The molecule has 4 heteroatoms. The fourth-order valence-corrected chi connectivity index (χ4v) is 4.09. The average Bonchev–Trinajstić information content (AvgIpc) is 2.88. The van der Waals surface area contributed by atoms with Gasteiger partial charge >= 0.3 is 0 Å². The van der Waals surface area contributed by atoms with Gasteiger partial charge in [0.15, 0.2) is 0 Å². The number of carbonyl (C=O) groups excluding carboxylic acids is 1. The van der Waals surface area contributed by atoms with Crippen molar-refractivity contribution in [3.63, 3.8) is 0 Å². The summed E-state index contributed by atoms with van der Waals surface area (Å²) in [4.78, 5) is 22.0. The standard InChI is InChI=1S/C18H27N3O/c1-14(2)21-12-6-9-18(17(21)22)8-5-11-20(18)13-16-7-4-10-19-15(16)3/h4,7,10,14H,5-6,8-9,11-13H2,1-3H3. The van der Waals surface area contributed by atoms with Crippen LogP contribution >= 0.6 is 0 Å². The third-order valence-corrected chi connectivity index (χ3v) is 5.37. The highest BCUT2D eigenvalue weighted by atomic mass is 16.2. The van der Waals surface area contributed by atoms with Crippen molar-refractivity contribution in [2.24, 2.45) is 0 Å². The number of likely N-dealkylation sites (tertiary alicyclic amines) is 2. The van der Waals surface area contributed by atoms with Crippen molar-refractivity contribution < 1.29 is 4.79 Å². The van der Waals surface area contributed by atoms with Crippen LogP contribution in [0.15, 0.2) is 18.3 Å². The molecule has 1 aromatic rings. The lowest BCUT2D eigenvalue weighted by Gasteiger charge is -2.46. The molecule has 4 nitrogen and oxygen atoms in total. The molecule has 0 N–H and O–H groups in total. The summed E-state index contributed by atoms with van der Waals surface area (Å²) in [6.45, 7) is 9.09. The summed E-state index contributed by atoms with van der Waals surface area (Å²) in [5.41, 5.74) is 2.07. The molecule has 1 atom stereocenters. The molecule has 22 heavy (non-hydrogen) atoms. The monoisotopic (exact) mass is 301 g/mol. The zero-order chi connectivity index (χ0) is 15.7. The minimum Gasteiger partial charge on any atom is -0.339 e. The number of rotatable bonds is 3. The second kappa shape index (κ2) is 5.99. The quantitative estimate of drug-likeness (QED) is 0.861. The van der Waals surface area contributed by atoms with E-state index in [4.69, 9.17) is 0 Å². The van der Waals surface area contributed by atoms with Crippen LogP contribution in [0.3, 0.4) is 0 Å². The lowest BCUT2D eigenvalue weighted by molar-refractivity contribution is -0.149. The lowest BCUT2D eigenvalue weighted by Crippen LogP contribution is -2.61. The van der Waals surface area contributed by atoms with Gasteiger partial charge in [-0.05, 0) is 64.6 Å². The SMILES string of the molecule is Cc1ncccc1CN1CCCC12CCCN(C(C)C)C2=O. The van der Waals surface area contributed by atoms with Gasteiger partial charge in [-0.1, -0.05) is 6.07 Å². The first-order valence-corrected chi connectivity index (χ1v) is 8.51. The van der Waals surface area contributed by atoms with Crippen molar-refractivity contribution in [2.45, 2.75) is 64.6 Å². The normalized spacial score (nSPS) is 26.4. The largest absolute Gasteiger partial charge is 0.339 e. The third-order valence-electron chi connectivity index (χ3n) is 5.37. The van der Waals surface area contributed by atoms with Gasteiger partial charge in [0.2, 0.25) is 5.91 Å². The van der Waals surface area contributed by atoms with Gasteiger partial charge < -0.3 is 4.90 Å². The summed E-state index contributed by atoms with van der Waals surface area (Å²) in [7, 11) is 0. The summed E-state index contributed by atoms with van der Waals surface area (Å²) in [5.74, 6) is 0.354.